The van der Waals surface area contributed by atoms with Crippen molar-refractivity contribution in [2.75, 3.05) is 31.4 Å². The quantitative estimate of drug-likeness (QED) is 0.826. The molecule has 0 aromatic carbocycles. The summed E-state index contributed by atoms with van der Waals surface area (Å²) in [6.45, 7) is 1.84. The minimum atomic E-state index is -0.270. The Bertz CT molecular complexity index is 774. The number of amides is 2. The van der Waals surface area contributed by atoms with Gasteiger partial charge in [0.25, 0.3) is 0 Å². The number of urea groups is 1. The van der Waals surface area contributed by atoms with Crippen molar-refractivity contribution in [2.24, 2.45) is 5.92 Å². The SMILES string of the molecule is COc1ccc(C(NC(=O)Nc2cc(C)nnc2N(C)C)C2CC2)cn1. The van der Waals surface area contributed by atoms with E-state index in [9.17, 15) is 4.79 Å². The molecule has 2 aromatic rings. The summed E-state index contributed by atoms with van der Waals surface area (Å²) in [5.41, 5.74) is 2.34. The van der Waals surface area contributed by atoms with E-state index in [2.05, 4.69) is 25.8 Å². The molecule has 0 aliphatic heterocycles. The highest BCUT2D eigenvalue weighted by Crippen LogP contribution is 2.41. The first-order chi connectivity index (χ1) is 12.5. The predicted octanol–water partition coefficient (Wildman–Crippen LogP) is 2.53. The molecule has 3 rings (SSSR count). The van der Waals surface area contributed by atoms with E-state index in [4.69, 9.17) is 4.74 Å². The zero-order chi connectivity index (χ0) is 18.7. The lowest BCUT2D eigenvalue weighted by molar-refractivity contribution is 0.247. The second-order valence-corrected chi connectivity index (χ2v) is 6.66. The lowest BCUT2D eigenvalue weighted by Crippen LogP contribution is -2.34. The van der Waals surface area contributed by atoms with Crippen LogP contribution >= 0.6 is 0 Å². The van der Waals surface area contributed by atoms with Gasteiger partial charge in [-0.25, -0.2) is 9.78 Å². The van der Waals surface area contributed by atoms with Gasteiger partial charge in [0.1, 0.15) is 0 Å². The second-order valence-electron chi connectivity index (χ2n) is 6.66. The van der Waals surface area contributed by atoms with E-state index in [0.29, 0.717) is 23.3 Å². The monoisotopic (exact) mass is 356 g/mol. The molecule has 1 atom stereocenters. The van der Waals surface area contributed by atoms with Gasteiger partial charge in [-0.15, -0.1) is 5.10 Å². The first-order valence-electron chi connectivity index (χ1n) is 8.57. The topological polar surface area (TPSA) is 92.3 Å². The standard InChI is InChI=1S/C18H24N6O2/c1-11-9-14(17(23-22-11)24(2)3)20-18(25)21-16(12-5-6-12)13-7-8-15(26-4)19-10-13/h7-10,12,16H,5-6H2,1-4H3,(H2,20,21,22,25). The van der Waals surface area contributed by atoms with Crippen molar-refractivity contribution in [3.8, 4) is 5.88 Å². The summed E-state index contributed by atoms with van der Waals surface area (Å²) in [5.74, 6) is 1.60. The molecule has 2 aromatic heterocycles. The molecule has 2 heterocycles. The van der Waals surface area contributed by atoms with Gasteiger partial charge in [0.2, 0.25) is 5.88 Å². The first-order valence-corrected chi connectivity index (χ1v) is 8.57. The molecule has 0 spiro atoms. The Morgan fingerprint density at radius 3 is 2.65 bits per heavy atom. The second kappa shape index (κ2) is 7.55. The van der Waals surface area contributed by atoms with Crippen LogP contribution < -0.4 is 20.3 Å². The molecule has 1 aliphatic rings. The lowest BCUT2D eigenvalue weighted by Gasteiger charge is -2.21. The summed E-state index contributed by atoms with van der Waals surface area (Å²) in [6, 6.07) is 5.21. The number of nitrogens with one attached hydrogen (secondary N) is 2. The number of aromatic nitrogens is 3. The Kier molecular flexibility index (Phi) is 5.20. The van der Waals surface area contributed by atoms with Gasteiger partial charge in [-0.05, 0) is 37.3 Å². The summed E-state index contributed by atoms with van der Waals surface area (Å²) in [4.78, 5) is 18.7. The number of pyridine rings is 1. The predicted molar refractivity (Wildman–Crippen MR) is 99.5 cm³/mol. The van der Waals surface area contributed by atoms with Crippen molar-refractivity contribution in [1.82, 2.24) is 20.5 Å². The molecule has 0 bridgehead atoms. The number of rotatable bonds is 6. The van der Waals surface area contributed by atoms with Gasteiger partial charge in [0.05, 0.1) is 24.5 Å². The Labute approximate surface area is 153 Å². The normalized spacial score (nSPS) is 14.5. The third-order valence-corrected chi connectivity index (χ3v) is 4.28. The molecule has 1 unspecified atom stereocenters. The number of hydrogen-bond donors (Lipinski definition) is 2. The fourth-order valence-electron chi connectivity index (χ4n) is 2.80. The maximum atomic E-state index is 12.6. The van der Waals surface area contributed by atoms with E-state index in [0.717, 1.165) is 24.1 Å². The van der Waals surface area contributed by atoms with E-state index in [1.165, 1.54) is 0 Å². The van der Waals surface area contributed by atoms with E-state index < -0.39 is 0 Å². The first kappa shape index (κ1) is 17.9. The van der Waals surface area contributed by atoms with Crippen molar-refractivity contribution in [3.05, 3.63) is 35.7 Å². The smallest absolute Gasteiger partial charge is 0.319 e. The summed E-state index contributed by atoms with van der Waals surface area (Å²) in [6.07, 6.45) is 3.94. The van der Waals surface area contributed by atoms with Gasteiger partial charge in [0.15, 0.2) is 5.82 Å². The molecule has 138 valence electrons. The molecular formula is C18H24N6O2. The zero-order valence-electron chi connectivity index (χ0n) is 15.5. The van der Waals surface area contributed by atoms with E-state index in [1.54, 1.807) is 13.3 Å². The third kappa shape index (κ3) is 4.19. The van der Waals surface area contributed by atoms with E-state index in [1.807, 2.05) is 44.1 Å². The Morgan fingerprint density at radius 2 is 2.08 bits per heavy atom. The van der Waals surface area contributed by atoms with Crippen molar-refractivity contribution in [3.63, 3.8) is 0 Å². The number of aryl methyl sites for hydroxylation is 1. The van der Waals surface area contributed by atoms with Crippen molar-refractivity contribution in [1.29, 1.82) is 0 Å². The highest BCUT2D eigenvalue weighted by atomic mass is 16.5. The van der Waals surface area contributed by atoms with E-state index >= 15 is 0 Å². The number of hydrogen-bond acceptors (Lipinski definition) is 6. The molecule has 0 saturated heterocycles. The van der Waals surface area contributed by atoms with Gasteiger partial charge in [-0.2, -0.15) is 5.10 Å². The molecule has 2 N–H and O–H groups in total. The zero-order valence-corrected chi connectivity index (χ0v) is 15.5. The number of carbonyl (C=O) groups excluding carboxylic acids is 1. The van der Waals surface area contributed by atoms with Crippen molar-refractivity contribution >= 4 is 17.5 Å². The summed E-state index contributed by atoms with van der Waals surface area (Å²) in [7, 11) is 5.30. The molecule has 26 heavy (non-hydrogen) atoms. The van der Waals surface area contributed by atoms with E-state index in [-0.39, 0.29) is 12.1 Å². The highest BCUT2D eigenvalue weighted by Gasteiger charge is 2.33. The Hall–Kier alpha value is -2.90. The van der Waals surface area contributed by atoms with Gasteiger partial charge in [-0.1, -0.05) is 6.07 Å². The Morgan fingerprint density at radius 1 is 1.31 bits per heavy atom. The molecule has 1 aliphatic carbocycles. The van der Waals surface area contributed by atoms with Gasteiger partial charge >= 0.3 is 6.03 Å². The van der Waals surface area contributed by atoms with Crippen LogP contribution in [0.3, 0.4) is 0 Å². The summed E-state index contributed by atoms with van der Waals surface area (Å²) in [5, 5.41) is 14.2. The van der Waals surface area contributed by atoms with Crippen molar-refractivity contribution < 1.29 is 9.53 Å². The third-order valence-electron chi connectivity index (χ3n) is 4.28. The molecule has 0 radical (unpaired) electrons. The number of anilines is 2. The van der Waals surface area contributed by atoms with Crippen LogP contribution in [0.2, 0.25) is 0 Å². The maximum Gasteiger partial charge on any atom is 0.319 e. The highest BCUT2D eigenvalue weighted by molar-refractivity contribution is 5.92. The van der Waals surface area contributed by atoms with Crippen LogP contribution in [0, 0.1) is 12.8 Å². The fourth-order valence-corrected chi connectivity index (χ4v) is 2.80. The van der Waals surface area contributed by atoms with Crippen LogP contribution in [0.4, 0.5) is 16.3 Å². The minimum absolute atomic E-state index is 0.0768. The van der Waals surface area contributed by atoms with Gasteiger partial charge in [-0.3, -0.25) is 0 Å². The molecule has 8 heteroatoms. The van der Waals surface area contributed by atoms with Gasteiger partial charge < -0.3 is 20.3 Å². The van der Waals surface area contributed by atoms with Crippen LogP contribution in [0.1, 0.15) is 30.1 Å². The van der Waals surface area contributed by atoms with Crippen LogP contribution in [0.15, 0.2) is 24.4 Å². The number of methoxy groups -OCH3 is 1. The van der Waals surface area contributed by atoms with Crippen LogP contribution in [-0.2, 0) is 0 Å². The molecular weight excluding hydrogens is 332 g/mol. The maximum absolute atomic E-state index is 12.6. The number of nitrogens with zero attached hydrogens (tertiary/aromatic N) is 4. The molecule has 8 nitrogen and oxygen atoms in total. The number of ether oxygens (including phenoxy) is 1. The number of carbonyl (C=O) groups is 1. The average Bonchev–Trinajstić information content (AvgIpc) is 3.44. The summed E-state index contributed by atoms with van der Waals surface area (Å²) < 4.78 is 5.10. The van der Waals surface area contributed by atoms with Gasteiger partial charge in [0, 0.05) is 26.4 Å². The average molecular weight is 356 g/mol. The Balaban J connectivity index is 1.74. The van der Waals surface area contributed by atoms with Crippen LogP contribution in [-0.4, -0.2) is 42.4 Å². The largest absolute Gasteiger partial charge is 0.481 e. The van der Waals surface area contributed by atoms with Crippen LogP contribution in [0.5, 0.6) is 5.88 Å². The van der Waals surface area contributed by atoms with Crippen molar-refractivity contribution in [2.45, 2.75) is 25.8 Å². The fraction of sp³-hybridized carbons (Fsp3) is 0.444. The molecule has 2 amide bonds. The lowest BCUT2D eigenvalue weighted by atomic mass is 10.0. The van der Waals surface area contributed by atoms with Crippen LogP contribution in [0.25, 0.3) is 0 Å². The molecule has 1 fully saturated rings. The minimum Gasteiger partial charge on any atom is -0.481 e. The summed E-state index contributed by atoms with van der Waals surface area (Å²) >= 11 is 0. The molecule has 1 saturated carbocycles.